The van der Waals surface area contributed by atoms with Crippen LogP contribution in [0.1, 0.15) is 11.3 Å². The zero-order chi connectivity index (χ0) is 12.1. The maximum atomic E-state index is 12.6. The van der Waals surface area contributed by atoms with Crippen LogP contribution in [0.3, 0.4) is 0 Å². The summed E-state index contributed by atoms with van der Waals surface area (Å²) in [7, 11) is 1.41. The van der Waals surface area contributed by atoms with Crippen molar-refractivity contribution >= 4 is 5.78 Å². The molecule has 0 fully saturated rings. The van der Waals surface area contributed by atoms with Crippen LogP contribution in [-0.2, 0) is 13.2 Å². The first-order valence-corrected chi connectivity index (χ1v) is 4.30. The molecule has 0 saturated heterocycles. The van der Waals surface area contributed by atoms with Gasteiger partial charge in [0, 0.05) is 12.6 Å². The molecule has 2 rings (SSSR count). The Hall–Kier alpha value is -1.86. The highest BCUT2D eigenvalue weighted by Crippen LogP contribution is 2.28. The highest BCUT2D eigenvalue weighted by atomic mass is 19.4. The SMILES string of the molecule is Cc1c(C(F)(F)F)nc2n(C)ncn2c1=O. The normalized spacial score (nSPS) is 12.3. The first-order chi connectivity index (χ1) is 7.32. The van der Waals surface area contributed by atoms with E-state index in [-0.39, 0.29) is 5.78 Å². The molecule has 0 N–H and O–H groups in total. The van der Waals surface area contributed by atoms with Crippen molar-refractivity contribution in [1.29, 1.82) is 0 Å². The van der Waals surface area contributed by atoms with Gasteiger partial charge in [0.2, 0.25) is 5.78 Å². The van der Waals surface area contributed by atoms with Crippen molar-refractivity contribution in [2.45, 2.75) is 13.1 Å². The lowest BCUT2D eigenvalue weighted by atomic mass is 10.2. The van der Waals surface area contributed by atoms with Gasteiger partial charge >= 0.3 is 6.18 Å². The second-order valence-electron chi connectivity index (χ2n) is 3.31. The topological polar surface area (TPSA) is 52.2 Å². The van der Waals surface area contributed by atoms with Gasteiger partial charge < -0.3 is 0 Å². The Bertz CT molecular complexity index is 610. The highest BCUT2D eigenvalue weighted by Gasteiger charge is 2.36. The Balaban J connectivity index is 2.93. The van der Waals surface area contributed by atoms with E-state index in [1.807, 2.05) is 0 Å². The molecule has 16 heavy (non-hydrogen) atoms. The van der Waals surface area contributed by atoms with Crippen molar-refractivity contribution in [1.82, 2.24) is 19.2 Å². The maximum Gasteiger partial charge on any atom is 0.433 e. The highest BCUT2D eigenvalue weighted by molar-refractivity contribution is 5.33. The molecule has 0 saturated carbocycles. The summed E-state index contributed by atoms with van der Waals surface area (Å²) in [5, 5.41) is 3.67. The van der Waals surface area contributed by atoms with Crippen LogP contribution in [-0.4, -0.2) is 19.2 Å². The van der Waals surface area contributed by atoms with Gasteiger partial charge in [-0.25, -0.2) is 14.1 Å². The van der Waals surface area contributed by atoms with Gasteiger partial charge in [-0.1, -0.05) is 0 Å². The Labute approximate surface area is 87.1 Å². The van der Waals surface area contributed by atoms with Crippen LogP contribution in [0.25, 0.3) is 5.78 Å². The Morgan fingerprint density at radius 2 is 2.00 bits per heavy atom. The van der Waals surface area contributed by atoms with E-state index in [0.29, 0.717) is 0 Å². The van der Waals surface area contributed by atoms with Gasteiger partial charge in [-0.2, -0.15) is 18.3 Å². The minimum Gasteiger partial charge on any atom is -0.268 e. The summed E-state index contributed by atoms with van der Waals surface area (Å²) in [6.07, 6.45) is -3.50. The molecule has 0 atom stereocenters. The number of fused-ring (bicyclic) bond motifs is 1. The standard InChI is InChI=1S/C8H7F3N4O/c1-4-5(8(9,10)11)13-7-14(2)12-3-15(7)6(4)16/h3H,1-2H3. The molecular weight excluding hydrogens is 225 g/mol. The van der Waals surface area contributed by atoms with Crippen LogP contribution in [0.4, 0.5) is 13.2 Å². The smallest absolute Gasteiger partial charge is 0.268 e. The molecule has 2 aromatic heterocycles. The molecule has 0 aliphatic heterocycles. The van der Waals surface area contributed by atoms with Crippen LogP contribution in [0.15, 0.2) is 11.1 Å². The number of aromatic nitrogens is 4. The fourth-order valence-corrected chi connectivity index (χ4v) is 1.40. The van der Waals surface area contributed by atoms with Gasteiger partial charge in [0.15, 0.2) is 5.69 Å². The van der Waals surface area contributed by atoms with Crippen molar-refractivity contribution in [3.63, 3.8) is 0 Å². The summed E-state index contributed by atoms with van der Waals surface area (Å²) in [6, 6.07) is 0. The molecule has 0 unspecified atom stereocenters. The lowest BCUT2D eigenvalue weighted by Gasteiger charge is -2.08. The Morgan fingerprint density at radius 3 is 2.56 bits per heavy atom. The molecule has 0 aliphatic rings. The summed E-state index contributed by atoms with van der Waals surface area (Å²) in [4.78, 5) is 15.0. The van der Waals surface area contributed by atoms with E-state index in [2.05, 4.69) is 10.1 Å². The van der Waals surface area contributed by atoms with Crippen molar-refractivity contribution in [3.05, 3.63) is 27.9 Å². The molecule has 86 valence electrons. The fraction of sp³-hybridized carbons (Fsp3) is 0.375. The zero-order valence-corrected chi connectivity index (χ0v) is 8.41. The first-order valence-electron chi connectivity index (χ1n) is 4.30. The van der Waals surface area contributed by atoms with Gasteiger partial charge in [-0.05, 0) is 6.92 Å². The number of hydrogen-bond donors (Lipinski definition) is 0. The van der Waals surface area contributed by atoms with Gasteiger partial charge in [0.25, 0.3) is 5.56 Å². The number of halogens is 3. The molecular formula is C8H7F3N4O. The molecule has 2 aromatic rings. The van der Waals surface area contributed by atoms with Gasteiger partial charge in [0.1, 0.15) is 6.33 Å². The van der Waals surface area contributed by atoms with Crippen molar-refractivity contribution < 1.29 is 13.2 Å². The average Bonchev–Trinajstić information content (AvgIpc) is 2.52. The van der Waals surface area contributed by atoms with Gasteiger partial charge in [-0.15, -0.1) is 0 Å². The Kier molecular flexibility index (Phi) is 2.04. The predicted octanol–water partition coefficient (Wildman–Crippen LogP) is 0.755. The molecule has 5 nitrogen and oxygen atoms in total. The first kappa shape index (κ1) is 10.7. The third-order valence-corrected chi connectivity index (χ3v) is 2.22. The van der Waals surface area contributed by atoms with Gasteiger partial charge in [0.05, 0.1) is 0 Å². The largest absolute Gasteiger partial charge is 0.433 e. The second kappa shape index (κ2) is 3.06. The van der Waals surface area contributed by atoms with Crippen molar-refractivity contribution in [2.75, 3.05) is 0 Å². The molecule has 0 spiro atoms. The molecule has 0 bridgehead atoms. The van der Waals surface area contributed by atoms with E-state index in [9.17, 15) is 18.0 Å². The van der Waals surface area contributed by atoms with E-state index >= 15 is 0 Å². The summed E-state index contributed by atoms with van der Waals surface area (Å²) < 4.78 is 39.7. The zero-order valence-electron chi connectivity index (χ0n) is 8.41. The van der Waals surface area contributed by atoms with E-state index in [0.717, 1.165) is 22.3 Å². The maximum absolute atomic E-state index is 12.6. The lowest BCUT2D eigenvalue weighted by molar-refractivity contribution is -0.141. The van der Waals surface area contributed by atoms with Crippen LogP contribution < -0.4 is 5.56 Å². The number of rotatable bonds is 0. The number of hydrogen-bond acceptors (Lipinski definition) is 3. The van der Waals surface area contributed by atoms with E-state index < -0.39 is 23.0 Å². The molecule has 0 aliphatic carbocycles. The lowest BCUT2D eigenvalue weighted by Crippen LogP contribution is -2.24. The van der Waals surface area contributed by atoms with Crippen molar-refractivity contribution in [3.8, 4) is 0 Å². The van der Waals surface area contributed by atoms with E-state index in [4.69, 9.17) is 0 Å². The summed E-state index contributed by atoms with van der Waals surface area (Å²) in [5.41, 5.74) is -2.36. The number of alkyl halides is 3. The van der Waals surface area contributed by atoms with Crippen LogP contribution in [0, 0.1) is 6.92 Å². The van der Waals surface area contributed by atoms with Gasteiger partial charge in [-0.3, -0.25) is 4.79 Å². The predicted molar refractivity (Wildman–Crippen MR) is 48.0 cm³/mol. The summed E-state index contributed by atoms with van der Waals surface area (Å²) in [5.74, 6) is -0.136. The molecule has 0 radical (unpaired) electrons. The molecule has 2 heterocycles. The Morgan fingerprint density at radius 1 is 1.38 bits per heavy atom. The molecule has 0 amide bonds. The third-order valence-electron chi connectivity index (χ3n) is 2.22. The molecule has 0 aromatic carbocycles. The third kappa shape index (κ3) is 1.37. The average molecular weight is 232 g/mol. The van der Waals surface area contributed by atoms with Crippen molar-refractivity contribution in [2.24, 2.45) is 7.05 Å². The molecule has 8 heteroatoms. The minimum absolute atomic E-state index is 0.136. The number of aryl methyl sites for hydroxylation is 1. The monoisotopic (exact) mass is 232 g/mol. The number of nitrogens with zero attached hydrogens (tertiary/aromatic N) is 4. The quantitative estimate of drug-likeness (QED) is 0.673. The second-order valence-corrected chi connectivity index (χ2v) is 3.31. The van der Waals surface area contributed by atoms with E-state index in [1.54, 1.807) is 0 Å². The van der Waals surface area contributed by atoms with Crippen LogP contribution in [0.5, 0.6) is 0 Å². The minimum atomic E-state index is -4.64. The van der Waals surface area contributed by atoms with Crippen LogP contribution >= 0.6 is 0 Å². The fourth-order valence-electron chi connectivity index (χ4n) is 1.40. The summed E-state index contributed by atoms with van der Waals surface area (Å²) >= 11 is 0. The van der Waals surface area contributed by atoms with E-state index in [1.165, 1.54) is 7.05 Å². The van der Waals surface area contributed by atoms with Crippen LogP contribution in [0.2, 0.25) is 0 Å². The summed E-state index contributed by atoms with van der Waals surface area (Å²) in [6.45, 7) is 1.09.